The van der Waals surface area contributed by atoms with Crippen molar-refractivity contribution in [1.82, 2.24) is 4.90 Å². The number of hydrogen-bond donors (Lipinski definition) is 1. The predicted molar refractivity (Wildman–Crippen MR) is 56.0 cm³/mol. The lowest BCUT2D eigenvalue weighted by Gasteiger charge is -2.25. The normalized spacial score (nSPS) is 25.6. The zero-order chi connectivity index (χ0) is 12.5. The van der Waals surface area contributed by atoms with Crippen molar-refractivity contribution in [2.45, 2.75) is 44.9 Å². The van der Waals surface area contributed by atoms with E-state index in [4.69, 9.17) is 9.84 Å². The van der Waals surface area contributed by atoms with E-state index in [0.29, 0.717) is 0 Å². The fourth-order valence-corrected chi connectivity index (χ4v) is 1.58. The highest BCUT2D eigenvalue weighted by molar-refractivity contribution is 5.81. The van der Waals surface area contributed by atoms with Crippen LogP contribution in [0.3, 0.4) is 0 Å². The van der Waals surface area contributed by atoms with Gasteiger partial charge in [-0.25, -0.2) is 4.79 Å². The van der Waals surface area contributed by atoms with Crippen LogP contribution in [-0.4, -0.2) is 51.5 Å². The fourth-order valence-electron chi connectivity index (χ4n) is 1.58. The molecule has 16 heavy (non-hydrogen) atoms. The lowest BCUT2D eigenvalue weighted by molar-refractivity contribution is -0.142. The van der Waals surface area contributed by atoms with Crippen LogP contribution in [0.15, 0.2) is 0 Å². The molecule has 0 aromatic rings. The summed E-state index contributed by atoms with van der Waals surface area (Å²) in [6.45, 7) is 5.20. The van der Waals surface area contributed by atoms with Gasteiger partial charge in [0.15, 0.2) is 6.04 Å². The number of hydrogen-bond acceptors (Lipinski definition) is 4. The molecule has 1 fully saturated rings. The molecular formula is C10H18NO5+. The second kappa shape index (κ2) is 4.29. The van der Waals surface area contributed by atoms with E-state index >= 15 is 0 Å². The van der Waals surface area contributed by atoms with Crippen molar-refractivity contribution in [3.63, 3.8) is 0 Å². The van der Waals surface area contributed by atoms with Crippen LogP contribution in [0.4, 0.5) is 4.79 Å². The molecule has 0 aromatic heterocycles. The van der Waals surface area contributed by atoms with E-state index in [0.717, 1.165) is 4.90 Å². The van der Waals surface area contributed by atoms with E-state index in [2.05, 4.69) is 0 Å². The number of rotatable bonds is 1. The molecule has 3 N–H and O–H groups in total. The molecule has 1 aliphatic rings. The molecule has 0 aliphatic carbocycles. The molecule has 1 amide bonds. The number of amides is 1. The number of β-amino-alcohol motifs (C(OH)–C–C–N with tert-alkyl or cyclic N) is 1. The summed E-state index contributed by atoms with van der Waals surface area (Å²) in [6, 6.07) is -0.884. The molecule has 1 heterocycles. The van der Waals surface area contributed by atoms with Crippen LogP contribution in [0.1, 0.15) is 27.2 Å². The van der Waals surface area contributed by atoms with Crippen molar-refractivity contribution in [3.8, 4) is 0 Å². The highest BCUT2D eigenvalue weighted by Gasteiger charge is 2.44. The van der Waals surface area contributed by atoms with Crippen LogP contribution in [0.2, 0.25) is 0 Å². The maximum atomic E-state index is 11.7. The lowest BCUT2D eigenvalue weighted by atomic mass is 10.2. The monoisotopic (exact) mass is 232 g/mol. The molecule has 6 nitrogen and oxygen atoms in total. The first-order valence-corrected chi connectivity index (χ1v) is 5.14. The van der Waals surface area contributed by atoms with E-state index in [9.17, 15) is 14.7 Å². The minimum Gasteiger partial charge on any atom is -0.563 e. The largest absolute Gasteiger partial charge is 0.563 e. The molecule has 0 aromatic carbocycles. The van der Waals surface area contributed by atoms with Gasteiger partial charge in [0, 0.05) is 11.2 Å². The molecular weight excluding hydrogens is 214 g/mol. The summed E-state index contributed by atoms with van der Waals surface area (Å²) in [5.41, 5.74) is -0.653. The summed E-state index contributed by atoms with van der Waals surface area (Å²) in [7, 11) is 0. The number of aliphatic hydroxyl groups excluding tert-OH is 1. The summed E-state index contributed by atoms with van der Waals surface area (Å²) in [5, 5.41) is 16.4. The van der Waals surface area contributed by atoms with Gasteiger partial charge in [-0.3, -0.25) is 4.90 Å². The van der Waals surface area contributed by atoms with E-state index in [1.807, 2.05) is 0 Å². The first kappa shape index (κ1) is 12.8. The second-order valence-electron chi connectivity index (χ2n) is 4.90. The number of ether oxygens (including phenoxy) is 1. The van der Waals surface area contributed by atoms with Gasteiger partial charge in [0.05, 0.1) is 12.6 Å². The minimum atomic E-state index is -0.884. The number of likely N-dealkylation sites (tertiary alicyclic amines) is 1. The zero-order valence-corrected chi connectivity index (χ0v) is 9.69. The zero-order valence-electron chi connectivity index (χ0n) is 9.69. The van der Waals surface area contributed by atoms with Gasteiger partial charge in [-0.1, -0.05) is 0 Å². The Morgan fingerprint density at radius 1 is 1.44 bits per heavy atom. The Morgan fingerprint density at radius 2 is 2.00 bits per heavy atom. The van der Waals surface area contributed by atoms with Crippen LogP contribution in [0, 0.1) is 0 Å². The molecule has 1 saturated heterocycles. The van der Waals surface area contributed by atoms with Gasteiger partial charge in [-0.2, -0.15) is 0 Å². The molecule has 0 unspecified atom stereocenters. The van der Waals surface area contributed by atoms with Crippen molar-refractivity contribution in [2.75, 3.05) is 6.54 Å². The van der Waals surface area contributed by atoms with Crippen molar-refractivity contribution in [2.24, 2.45) is 0 Å². The molecule has 1 aliphatic heterocycles. The third kappa shape index (κ3) is 3.10. The molecule has 2 atom stereocenters. The van der Waals surface area contributed by atoms with Crippen LogP contribution < -0.4 is 0 Å². The third-order valence-electron chi connectivity index (χ3n) is 2.21. The summed E-state index contributed by atoms with van der Waals surface area (Å²) < 4.78 is 5.09. The molecule has 6 heteroatoms. The molecule has 92 valence electrons. The highest BCUT2D eigenvalue weighted by Crippen LogP contribution is 2.21. The van der Waals surface area contributed by atoms with Gasteiger partial charge in [-0.15, -0.1) is 0 Å². The Hall–Kier alpha value is -1.30. The van der Waals surface area contributed by atoms with Gasteiger partial charge in [0.2, 0.25) is 0 Å². The maximum absolute atomic E-state index is 11.7. The maximum Gasteiger partial charge on any atom is 0.539 e. The lowest BCUT2D eigenvalue weighted by Crippen LogP contribution is -2.43. The second-order valence-corrected chi connectivity index (χ2v) is 4.90. The van der Waals surface area contributed by atoms with Gasteiger partial charge in [0.1, 0.15) is 5.60 Å². The SMILES string of the molecule is CC(C)(C)OC(=O)N1C[C@H](O)C[C@H]1C(=O)[OH2+]. The quantitative estimate of drug-likeness (QED) is 0.623. The van der Waals surface area contributed by atoms with Crippen molar-refractivity contribution in [3.05, 3.63) is 0 Å². The Morgan fingerprint density at radius 3 is 2.44 bits per heavy atom. The first-order valence-electron chi connectivity index (χ1n) is 5.14. The third-order valence-corrected chi connectivity index (χ3v) is 2.21. The van der Waals surface area contributed by atoms with E-state index in [1.165, 1.54) is 0 Å². The number of nitrogens with zero attached hydrogens (tertiary/aromatic N) is 1. The number of carbonyl (C=O) groups excluding carboxylic acids is 2. The van der Waals surface area contributed by atoms with Gasteiger partial charge < -0.3 is 14.9 Å². The Labute approximate surface area is 93.8 Å². The molecule has 0 bridgehead atoms. The average molecular weight is 232 g/mol. The summed E-state index contributed by atoms with van der Waals surface area (Å²) in [6.07, 6.45) is -1.30. The molecule has 0 saturated carbocycles. The number of aliphatic hydroxyl groups is 1. The fraction of sp³-hybridized carbons (Fsp3) is 0.800. The Kier molecular flexibility index (Phi) is 3.42. The Bertz CT molecular complexity index is 296. The van der Waals surface area contributed by atoms with Crippen molar-refractivity contribution in [1.29, 1.82) is 0 Å². The standard InChI is InChI=1S/C10H17NO5/c1-10(2,3)16-9(15)11-5-6(12)4-7(11)8(13)14/h6-7,12H,4-5H2,1-3H3,(H,13,14)/p+1/t6-,7+/m1/s1. The first-order chi connectivity index (χ1) is 7.20. The van der Waals surface area contributed by atoms with E-state index < -0.39 is 29.8 Å². The van der Waals surface area contributed by atoms with Gasteiger partial charge in [0.25, 0.3) is 0 Å². The van der Waals surface area contributed by atoms with Crippen LogP contribution in [0.25, 0.3) is 0 Å². The summed E-state index contributed by atoms with van der Waals surface area (Å²) >= 11 is 0. The topological polar surface area (TPSA) is 89.7 Å². The summed E-state index contributed by atoms with van der Waals surface area (Å²) in [5.74, 6) is -0.873. The van der Waals surface area contributed by atoms with Crippen molar-refractivity contribution >= 4 is 12.1 Å². The van der Waals surface area contributed by atoms with Crippen molar-refractivity contribution < 1.29 is 24.5 Å². The highest BCUT2D eigenvalue weighted by atomic mass is 16.6. The van der Waals surface area contributed by atoms with E-state index in [-0.39, 0.29) is 13.0 Å². The number of carbonyl (C=O) groups is 2. The van der Waals surface area contributed by atoms with Gasteiger partial charge in [-0.05, 0) is 20.8 Å². The average Bonchev–Trinajstić information content (AvgIpc) is 2.44. The molecule has 1 rings (SSSR count). The van der Waals surface area contributed by atoms with Crippen LogP contribution in [-0.2, 0) is 9.53 Å². The molecule has 0 radical (unpaired) electrons. The van der Waals surface area contributed by atoms with Crippen LogP contribution in [0.5, 0.6) is 0 Å². The predicted octanol–water partition coefficient (Wildman–Crippen LogP) is -0.392. The minimum absolute atomic E-state index is 0.0458. The molecule has 0 spiro atoms. The smallest absolute Gasteiger partial charge is 0.539 e. The summed E-state index contributed by atoms with van der Waals surface area (Å²) in [4.78, 5) is 23.8. The van der Waals surface area contributed by atoms with Crippen LogP contribution >= 0.6 is 0 Å². The van der Waals surface area contributed by atoms with E-state index in [1.54, 1.807) is 20.8 Å². The van der Waals surface area contributed by atoms with Gasteiger partial charge >= 0.3 is 12.1 Å². The Balaban J connectivity index is 2.71.